The summed E-state index contributed by atoms with van der Waals surface area (Å²) in [6, 6.07) is 11.1. The summed E-state index contributed by atoms with van der Waals surface area (Å²) in [5, 5.41) is 0. The van der Waals surface area contributed by atoms with Gasteiger partial charge in [-0.1, -0.05) is 24.3 Å². The molecular weight excluding hydrogens is 278 g/mol. The first-order chi connectivity index (χ1) is 10.8. The molecule has 1 aromatic carbocycles. The van der Waals surface area contributed by atoms with E-state index < -0.39 is 0 Å². The molecule has 0 fully saturated rings. The molecule has 0 aliphatic heterocycles. The fourth-order valence-electron chi connectivity index (χ4n) is 2.19. The minimum atomic E-state index is -0.132. The number of hydrogen-bond donors (Lipinski definition) is 1. The van der Waals surface area contributed by atoms with Crippen LogP contribution in [0.5, 0.6) is 5.88 Å². The lowest BCUT2D eigenvalue weighted by molar-refractivity contribution is 0.103. The van der Waals surface area contributed by atoms with Gasteiger partial charge < -0.3 is 9.72 Å². The van der Waals surface area contributed by atoms with Crippen LogP contribution in [0.2, 0.25) is 0 Å². The van der Waals surface area contributed by atoms with Crippen LogP contribution in [0.3, 0.4) is 0 Å². The zero-order valence-corrected chi connectivity index (χ0v) is 12.1. The van der Waals surface area contributed by atoms with Gasteiger partial charge in [0, 0.05) is 29.7 Å². The number of imidazole rings is 1. The first-order valence-electron chi connectivity index (χ1n) is 7.02. The molecule has 0 spiro atoms. The van der Waals surface area contributed by atoms with Crippen molar-refractivity contribution in [1.82, 2.24) is 15.0 Å². The van der Waals surface area contributed by atoms with Crippen molar-refractivity contribution in [2.45, 2.75) is 6.92 Å². The summed E-state index contributed by atoms with van der Waals surface area (Å²) in [4.78, 5) is 23.2. The summed E-state index contributed by atoms with van der Waals surface area (Å²) >= 11 is 0. The molecule has 3 rings (SSSR count). The highest BCUT2D eigenvalue weighted by Crippen LogP contribution is 2.28. The molecule has 2 aromatic heterocycles. The third kappa shape index (κ3) is 2.74. The van der Waals surface area contributed by atoms with Crippen LogP contribution in [0.1, 0.15) is 23.1 Å². The third-order valence-electron chi connectivity index (χ3n) is 3.22. The van der Waals surface area contributed by atoms with Gasteiger partial charge in [-0.05, 0) is 24.6 Å². The number of nitrogens with zero attached hydrogens (tertiary/aromatic N) is 2. The van der Waals surface area contributed by atoms with E-state index in [0.29, 0.717) is 23.9 Å². The highest BCUT2D eigenvalue weighted by molar-refractivity contribution is 6.06. The number of nitrogens with one attached hydrogen (secondary N) is 1. The number of carbonyl (C=O) groups is 1. The monoisotopic (exact) mass is 293 g/mol. The fourth-order valence-corrected chi connectivity index (χ4v) is 2.19. The van der Waals surface area contributed by atoms with Gasteiger partial charge in [0.1, 0.15) is 0 Å². The standard InChI is InChI=1S/C17H15N3O2/c1-2-22-17-14(4-3-9-20-17)12-5-7-13(8-6-12)15(21)16-18-10-11-19-16/h3-11H,2H2,1H3,(H,18,19). The molecule has 22 heavy (non-hydrogen) atoms. The topological polar surface area (TPSA) is 67.9 Å². The van der Waals surface area contributed by atoms with Gasteiger partial charge >= 0.3 is 0 Å². The van der Waals surface area contributed by atoms with Crippen molar-refractivity contribution in [3.8, 4) is 17.0 Å². The second-order valence-corrected chi connectivity index (χ2v) is 4.63. The third-order valence-corrected chi connectivity index (χ3v) is 3.22. The lowest BCUT2D eigenvalue weighted by atomic mass is 10.0. The maximum absolute atomic E-state index is 12.2. The maximum atomic E-state index is 12.2. The van der Waals surface area contributed by atoms with Crippen molar-refractivity contribution in [3.63, 3.8) is 0 Å². The van der Waals surface area contributed by atoms with Gasteiger partial charge in [0.15, 0.2) is 5.82 Å². The number of hydrogen-bond acceptors (Lipinski definition) is 4. The Morgan fingerprint density at radius 3 is 2.64 bits per heavy atom. The predicted molar refractivity (Wildman–Crippen MR) is 82.9 cm³/mol. The molecule has 2 heterocycles. The lowest BCUT2D eigenvalue weighted by Crippen LogP contribution is -2.03. The van der Waals surface area contributed by atoms with Crippen molar-refractivity contribution in [3.05, 3.63) is 66.4 Å². The van der Waals surface area contributed by atoms with Crippen molar-refractivity contribution < 1.29 is 9.53 Å². The molecule has 0 saturated carbocycles. The quantitative estimate of drug-likeness (QED) is 0.734. The highest BCUT2D eigenvalue weighted by atomic mass is 16.5. The van der Waals surface area contributed by atoms with E-state index in [1.54, 1.807) is 30.7 Å². The normalized spacial score (nSPS) is 10.4. The van der Waals surface area contributed by atoms with Crippen LogP contribution in [0.4, 0.5) is 0 Å². The minimum absolute atomic E-state index is 0.132. The Labute approximate surface area is 128 Å². The van der Waals surface area contributed by atoms with Crippen molar-refractivity contribution >= 4 is 5.78 Å². The van der Waals surface area contributed by atoms with Crippen molar-refractivity contribution in [2.24, 2.45) is 0 Å². The number of pyridine rings is 1. The number of aromatic nitrogens is 3. The van der Waals surface area contributed by atoms with Crippen LogP contribution in [0.25, 0.3) is 11.1 Å². The molecule has 0 bridgehead atoms. The van der Waals surface area contributed by atoms with Crippen LogP contribution < -0.4 is 4.74 Å². The minimum Gasteiger partial charge on any atom is -0.478 e. The largest absolute Gasteiger partial charge is 0.478 e. The average Bonchev–Trinajstić information content (AvgIpc) is 3.10. The van der Waals surface area contributed by atoms with Gasteiger partial charge in [0.05, 0.1) is 6.61 Å². The van der Waals surface area contributed by atoms with Crippen LogP contribution in [0.15, 0.2) is 55.0 Å². The molecule has 0 atom stereocenters. The summed E-state index contributed by atoms with van der Waals surface area (Å²) in [5.74, 6) is 0.798. The summed E-state index contributed by atoms with van der Waals surface area (Å²) in [6.45, 7) is 2.47. The van der Waals surface area contributed by atoms with E-state index in [1.165, 1.54) is 0 Å². The zero-order chi connectivity index (χ0) is 15.4. The van der Waals surface area contributed by atoms with Gasteiger partial charge in [-0.3, -0.25) is 4.79 Å². The predicted octanol–water partition coefficient (Wildman–Crippen LogP) is 3.10. The summed E-state index contributed by atoms with van der Waals surface area (Å²) in [7, 11) is 0. The Balaban J connectivity index is 1.90. The molecule has 0 aliphatic carbocycles. The summed E-state index contributed by atoms with van der Waals surface area (Å²) in [5.41, 5.74) is 2.44. The lowest BCUT2D eigenvalue weighted by Gasteiger charge is -2.09. The summed E-state index contributed by atoms with van der Waals surface area (Å²) in [6.07, 6.45) is 4.89. The maximum Gasteiger partial charge on any atom is 0.228 e. The number of carbonyl (C=O) groups excluding carboxylic acids is 1. The molecule has 1 N–H and O–H groups in total. The fraction of sp³-hybridized carbons (Fsp3) is 0.118. The van der Waals surface area contributed by atoms with Crippen LogP contribution in [0, 0.1) is 0 Å². The number of ketones is 1. The molecular formula is C17H15N3O2. The Morgan fingerprint density at radius 2 is 1.95 bits per heavy atom. The molecule has 5 nitrogen and oxygen atoms in total. The van der Waals surface area contributed by atoms with Crippen LogP contribution >= 0.6 is 0 Å². The Hall–Kier alpha value is -2.95. The van der Waals surface area contributed by atoms with E-state index in [9.17, 15) is 4.79 Å². The van der Waals surface area contributed by atoms with E-state index in [0.717, 1.165) is 11.1 Å². The zero-order valence-electron chi connectivity index (χ0n) is 12.1. The number of ether oxygens (including phenoxy) is 1. The molecule has 0 unspecified atom stereocenters. The van der Waals surface area contributed by atoms with E-state index >= 15 is 0 Å². The van der Waals surface area contributed by atoms with E-state index in [-0.39, 0.29) is 5.78 Å². The van der Waals surface area contributed by atoms with Crippen molar-refractivity contribution in [1.29, 1.82) is 0 Å². The first-order valence-corrected chi connectivity index (χ1v) is 7.02. The first kappa shape index (κ1) is 14.0. The van der Waals surface area contributed by atoms with Gasteiger partial charge in [-0.15, -0.1) is 0 Å². The van der Waals surface area contributed by atoms with Gasteiger partial charge in [-0.2, -0.15) is 0 Å². The Morgan fingerprint density at radius 1 is 1.14 bits per heavy atom. The SMILES string of the molecule is CCOc1ncccc1-c1ccc(C(=O)c2ncc[nH]2)cc1. The molecule has 110 valence electrons. The second kappa shape index (κ2) is 6.22. The van der Waals surface area contributed by atoms with Crippen molar-refractivity contribution in [2.75, 3.05) is 6.61 Å². The van der Waals surface area contributed by atoms with Gasteiger partial charge in [-0.25, -0.2) is 9.97 Å². The van der Waals surface area contributed by atoms with Crippen LogP contribution in [-0.4, -0.2) is 27.3 Å². The Bertz CT molecular complexity index is 765. The molecule has 0 aliphatic rings. The van der Waals surface area contributed by atoms with E-state index in [2.05, 4.69) is 15.0 Å². The number of H-pyrrole nitrogens is 1. The summed E-state index contributed by atoms with van der Waals surface area (Å²) < 4.78 is 5.53. The number of aromatic amines is 1. The van der Waals surface area contributed by atoms with E-state index in [4.69, 9.17) is 4.74 Å². The smallest absolute Gasteiger partial charge is 0.228 e. The van der Waals surface area contributed by atoms with Gasteiger partial charge in [0.2, 0.25) is 11.7 Å². The molecule has 0 saturated heterocycles. The highest BCUT2D eigenvalue weighted by Gasteiger charge is 2.12. The average molecular weight is 293 g/mol. The van der Waals surface area contributed by atoms with Crippen LogP contribution in [-0.2, 0) is 0 Å². The molecule has 0 amide bonds. The number of benzene rings is 1. The molecule has 0 radical (unpaired) electrons. The number of rotatable bonds is 5. The van der Waals surface area contributed by atoms with E-state index in [1.807, 2.05) is 31.2 Å². The molecule has 3 aromatic rings. The second-order valence-electron chi connectivity index (χ2n) is 4.63. The molecule has 5 heteroatoms. The van der Waals surface area contributed by atoms with Gasteiger partial charge in [0.25, 0.3) is 0 Å². The Kier molecular flexibility index (Phi) is 3.96.